The number of rotatable bonds is 12. The van der Waals surface area contributed by atoms with Crippen LogP contribution in [-0.4, -0.2) is 80.8 Å². The highest BCUT2D eigenvalue weighted by molar-refractivity contribution is 6.25. The molecule has 2 N–H and O–H groups in total. The van der Waals surface area contributed by atoms with Gasteiger partial charge in [-0.2, -0.15) is 0 Å². The van der Waals surface area contributed by atoms with Crippen LogP contribution in [0, 0.1) is 12.3 Å². The van der Waals surface area contributed by atoms with Gasteiger partial charge in [-0.3, -0.25) is 29.4 Å². The van der Waals surface area contributed by atoms with E-state index in [0.717, 1.165) is 4.90 Å². The standard InChI is InChI=1S/C22H25N3O7/c1-2-9-30-11-13-32-14-12-31-10-8-23-16-5-3-4-15-19(16)22(29)25(21(15)28)17-6-7-18(26)24-20(17)27/h1,3-5,17,23H,6-14H2,(H,24,26,27). The summed E-state index contributed by atoms with van der Waals surface area (Å²) in [4.78, 5) is 50.3. The molecule has 32 heavy (non-hydrogen) atoms. The molecule has 1 unspecified atom stereocenters. The van der Waals surface area contributed by atoms with Crippen molar-refractivity contribution in [3.05, 3.63) is 29.3 Å². The summed E-state index contributed by atoms with van der Waals surface area (Å²) < 4.78 is 15.9. The molecule has 4 amide bonds. The van der Waals surface area contributed by atoms with Crippen LogP contribution in [0.5, 0.6) is 0 Å². The van der Waals surface area contributed by atoms with Gasteiger partial charge in [0.25, 0.3) is 11.8 Å². The Morgan fingerprint density at radius 3 is 2.47 bits per heavy atom. The Hall–Kier alpha value is -3.26. The van der Waals surface area contributed by atoms with Crippen molar-refractivity contribution in [1.29, 1.82) is 0 Å². The maximum absolute atomic E-state index is 13.0. The molecular formula is C22H25N3O7. The number of ether oxygens (including phenoxy) is 3. The average Bonchev–Trinajstić information content (AvgIpc) is 3.03. The molecule has 2 heterocycles. The van der Waals surface area contributed by atoms with E-state index >= 15 is 0 Å². The first-order chi connectivity index (χ1) is 15.5. The molecule has 2 aliphatic rings. The molecule has 0 aliphatic carbocycles. The number of nitrogens with zero attached hydrogens (tertiary/aromatic N) is 1. The van der Waals surface area contributed by atoms with Crippen molar-refractivity contribution in [3.63, 3.8) is 0 Å². The molecule has 0 radical (unpaired) electrons. The predicted octanol–water partition coefficient (Wildman–Crippen LogP) is 0.183. The summed E-state index contributed by atoms with van der Waals surface area (Å²) in [7, 11) is 0. The van der Waals surface area contributed by atoms with Crippen LogP contribution in [0.3, 0.4) is 0 Å². The smallest absolute Gasteiger partial charge is 0.264 e. The number of fused-ring (bicyclic) bond motifs is 1. The van der Waals surface area contributed by atoms with Gasteiger partial charge in [-0.25, -0.2) is 0 Å². The molecular weight excluding hydrogens is 418 g/mol. The van der Waals surface area contributed by atoms with E-state index in [4.69, 9.17) is 20.6 Å². The summed E-state index contributed by atoms with van der Waals surface area (Å²) in [6.45, 7) is 2.68. The molecule has 170 valence electrons. The van der Waals surface area contributed by atoms with Gasteiger partial charge in [-0.15, -0.1) is 6.42 Å². The highest BCUT2D eigenvalue weighted by Gasteiger charge is 2.45. The Kier molecular flexibility index (Phi) is 8.33. The van der Waals surface area contributed by atoms with E-state index in [1.54, 1.807) is 18.2 Å². The van der Waals surface area contributed by atoms with E-state index < -0.39 is 29.7 Å². The van der Waals surface area contributed by atoms with Crippen molar-refractivity contribution in [2.24, 2.45) is 0 Å². The zero-order valence-corrected chi connectivity index (χ0v) is 17.6. The van der Waals surface area contributed by atoms with Crippen LogP contribution < -0.4 is 10.6 Å². The van der Waals surface area contributed by atoms with Gasteiger partial charge in [0, 0.05) is 18.7 Å². The third-order valence-corrected chi connectivity index (χ3v) is 4.96. The first-order valence-corrected chi connectivity index (χ1v) is 10.3. The third-order valence-electron chi connectivity index (χ3n) is 4.96. The maximum Gasteiger partial charge on any atom is 0.264 e. The number of benzene rings is 1. The number of piperidine rings is 1. The molecule has 1 atom stereocenters. The van der Waals surface area contributed by atoms with Gasteiger partial charge in [0.05, 0.1) is 44.2 Å². The van der Waals surface area contributed by atoms with Crippen molar-refractivity contribution in [2.75, 3.05) is 51.5 Å². The molecule has 2 aliphatic heterocycles. The lowest BCUT2D eigenvalue weighted by atomic mass is 10.0. The lowest BCUT2D eigenvalue weighted by Gasteiger charge is -2.27. The molecule has 3 rings (SSSR count). The van der Waals surface area contributed by atoms with Gasteiger partial charge >= 0.3 is 0 Å². The summed E-state index contributed by atoms with van der Waals surface area (Å²) in [5, 5.41) is 5.29. The second kappa shape index (κ2) is 11.4. The van der Waals surface area contributed by atoms with Gasteiger partial charge in [0.2, 0.25) is 11.8 Å². The minimum absolute atomic E-state index is 0.0773. The monoisotopic (exact) mass is 443 g/mol. The molecule has 1 fully saturated rings. The van der Waals surface area contributed by atoms with E-state index in [0.29, 0.717) is 45.3 Å². The second-order valence-corrected chi connectivity index (χ2v) is 7.08. The Balaban J connectivity index is 1.47. The van der Waals surface area contributed by atoms with Crippen LogP contribution in [0.2, 0.25) is 0 Å². The van der Waals surface area contributed by atoms with E-state index in [1.807, 2.05) is 0 Å². The number of amides is 4. The summed E-state index contributed by atoms with van der Waals surface area (Å²) in [6.07, 6.45) is 5.26. The molecule has 10 heteroatoms. The van der Waals surface area contributed by atoms with Crippen molar-refractivity contribution < 1.29 is 33.4 Å². The maximum atomic E-state index is 13.0. The Bertz CT molecular complexity index is 925. The predicted molar refractivity (Wildman–Crippen MR) is 113 cm³/mol. The lowest BCUT2D eigenvalue weighted by molar-refractivity contribution is -0.136. The van der Waals surface area contributed by atoms with Crippen molar-refractivity contribution >= 4 is 29.3 Å². The Morgan fingerprint density at radius 2 is 1.75 bits per heavy atom. The minimum Gasteiger partial charge on any atom is -0.382 e. The molecule has 1 saturated heterocycles. The minimum atomic E-state index is -0.992. The number of anilines is 1. The normalized spacial score (nSPS) is 17.8. The zero-order valence-electron chi connectivity index (χ0n) is 17.6. The van der Waals surface area contributed by atoms with Crippen LogP contribution in [0.1, 0.15) is 33.6 Å². The summed E-state index contributed by atoms with van der Waals surface area (Å²) in [6, 6.07) is 3.91. The first kappa shape index (κ1) is 23.4. The molecule has 0 bridgehead atoms. The van der Waals surface area contributed by atoms with Crippen LogP contribution in [0.25, 0.3) is 0 Å². The quantitative estimate of drug-likeness (QED) is 0.267. The van der Waals surface area contributed by atoms with Crippen molar-refractivity contribution in [3.8, 4) is 12.3 Å². The first-order valence-electron chi connectivity index (χ1n) is 10.3. The fraction of sp³-hybridized carbons (Fsp3) is 0.455. The van der Waals surface area contributed by atoms with Crippen LogP contribution >= 0.6 is 0 Å². The molecule has 0 spiro atoms. The van der Waals surface area contributed by atoms with Gasteiger partial charge in [-0.1, -0.05) is 12.0 Å². The second-order valence-electron chi connectivity index (χ2n) is 7.08. The zero-order chi connectivity index (χ0) is 22.9. The summed E-state index contributed by atoms with van der Waals surface area (Å²) in [5.74, 6) is 0.232. The van der Waals surface area contributed by atoms with Crippen molar-refractivity contribution in [2.45, 2.75) is 18.9 Å². The summed E-state index contributed by atoms with van der Waals surface area (Å²) >= 11 is 0. The van der Waals surface area contributed by atoms with Gasteiger partial charge in [0.15, 0.2) is 0 Å². The number of imide groups is 2. The number of carbonyl (C=O) groups excluding carboxylic acids is 4. The van der Waals surface area contributed by atoms with E-state index in [9.17, 15) is 19.2 Å². The molecule has 10 nitrogen and oxygen atoms in total. The fourth-order valence-electron chi connectivity index (χ4n) is 3.49. The number of hydrogen-bond acceptors (Lipinski definition) is 8. The van der Waals surface area contributed by atoms with Crippen molar-refractivity contribution in [1.82, 2.24) is 10.2 Å². The third kappa shape index (κ3) is 5.50. The van der Waals surface area contributed by atoms with Gasteiger partial charge in [0.1, 0.15) is 12.6 Å². The highest BCUT2D eigenvalue weighted by Crippen LogP contribution is 2.32. The number of carbonyl (C=O) groups is 4. The largest absolute Gasteiger partial charge is 0.382 e. The molecule has 1 aromatic rings. The summed E-state index contributed by atoms with van der Waals surface area (Å²) in [5.41, 5.74) is 0.935. The number of nitrogens with one attached hydrogen (secondary N) is 2. The topological polar surface area (TPSA) is 123 Å². The van der Waals surface area contributed by atoms with Crippen LogP contribution in [-0.2, 0) is 23.8 Å². The molecule has 0 aromatic heterocycles. The van der Waals surface area contributed by atoms with Crippen LogP contribution in [0.15, 0.2) is 18.2 Å². The Morgan fingerprint density at radius 1 is 1.03 bits per heavy atom. The molecule has 0 saturated carbocycles. The Labute approximate surface area is 185 Å². The highest BCUT2D eigenvalue weighted by atomic mass is 16.5. The van der Waals surface area contributed by atoms with E-state index in [1.165, 1.54) is 0 Å². The average molecular weight is 443 g/mol. The van der Waals surface area contributed by atoms with E-state index in [-0.39, 0.29) is 30.6 Å². The number of terminal acetylenes is 1. The lowest BCUT2D eigenvalue weighted by Crippen LogP contribution is -2.54. The SMILES string of the molecule is C#CCOCCOCCOCCNc1cccc2c1C(=O)N(C1CCC(=O)NC1=O)C2=O. The van der Waals surface area contributed by atoms with E-state index in [2.05, 4.69) is 16.6 Å². The van der Waals surface area contributed by atoms with Crippen LogP contribution in [0.4, 0.5) is 5.69 Å². The fourth-order valence-corrected chi connectivity index (χ4v) is 3.49. The van der Waals surface area contributed by atoms with Gasteiger partial charge in [-0.05, 0) is 18.6 Å². The number of hydrogen-bond donors (Lipinski definition) is 2. The van der Waals surface area contributed by atoms with Gasteiger partial charge < -0.3 is 19.5 Å². The molecule has 1 aromatic carbocycles.